The fraction of sp³-hybridized carbons (Fsp3) is 0.0625. The average molecular weight is 308 g/mol. The highest BCUT2D eigenvalue weighted by molar-refractivity contribution is 7.19. The van der Waals surface area contributed by atoms with Gasteiger partial charge in [0.15, 0.2) is 0 Å². The van der Waals surface area contributed by atoms with Gasteiger partial charge in [-0.15, -0.1) is 11.3 Å². The van der Waals surface area contributed by atoms with Crippen molar-refractivity contribution in [1.82, 2.24) is 9.88 Å². The second-order valence-corrected chi connectivity index (χ2v) is 5.78. The molecule has 1 aliphatic rings. The summed E-state index contributed by atoms with van der Waals surface area (Å²) in [6.07, 6.45) is 4.94. The Morgan fingerprint density at radius 1 is 1.36 bits per heavy atom. The Labute approximate surface area is 131 Å². The molecule has 0 bridgehead atoms. The van der Waals surface area contributed by atoms with Crippen LogP contribution in [0.1, 0.15) is 5.01 Å². The van der Waals surface area contributed by atoms with Gasteiger partial charge in [0.25, 0.3) is 0 Å². The maximum atomic E-state index is 11.2. The largest absolute Gasteiger partial charge is 0.366 e. The lowest BCUT2D eigenvalue weighted by atomic mass is 10.1. The molecule has 1 amide bonds. The highest BCUT2D eigenvalue weighted by Crippen LogP contribution is 2.31. The van der Waals surface area contributed by atoms with Crippen molar-refractivity contribution in [1.29, 1.82) is 5.26 Å². The summed E-state index contributed by atoms with van der Waals surface area (Å²) in [6.45, 7) is 0. The SMILES string of the molecule is CN1C=C(C(N)=O)C=C/C1=C(\C#N)c1nc2ccccc2s1. The number of nitrogens with two attached hydrogens (primary N) is 1. The Bertz CT molecular complexity index is 865. The fourth-order valence-corrected chi connectivity index (χ4v) is 3.18. The van der Waals surface area contributed by atoms with E-state index in [1.54, 1.807) is 30.3 Å². The van der Waals surface area contributed by atoms with Crippen LogP contribution in [-0.2, 0) is 4.79 Å². The first kappa shape index (κ1) is 14.0. The van der Waals surface area contributed by atoms with Crippen molar-refractivity contribution >= 4 is 33.0 Å². The number of hydrogen-bond acceptors (Lipinski definition) is 5. The predicted molar refractivity (Wildman–Crippen MR) is 86.3 cm³/mol. The number of carbonyl (C=O) groups is 1. The molecule has 6 heteroatoms. The average Bonchev–Trinajstić information content (AvgIpc) is 2.93. The lowest BCUT2D eigenvalue weighted by Crippen LogP contribution is -2.21. The summed E-state index contributed by atoms with van der Waals surface area (Å²) in [5.74, 6) is -0.499. The number of allylic oxidation sites excluding steroid dienone is 2. The van der Waals surface area contributed by atoms with Gasteiger partial charge in [0, 0.05) is 13.2 Å². The Kier molecular flexibility index (Phi) is 3.49. The van der Waals surface area contributed by atoms with E-state index in [9.17, 15) is 10.1 Å². The van der Waals surface area contributed by atoms with Crippen LogP contribution in [0.5, 0.6) is 0 Å². The summed E-state index contributed by atoms with van der Waals surface area (Å²) in [5.41, 5.74) is 7.69. The number of nitriles is 1. The molecule has 0 saturated carbocycles. The predicted octanol–water partition coefficient (Wildman–Crippen LogP) is 2.40. The number of amides is 1. The van der Waals surface area contributed by atoms with E-state index >= 15 is 0 Å². The molecule has 1 aliphatic heterocycles. The number of nitrogens with zero attached hydrogens (tertiary/aromatic N) is 3. The molecule has 0 radical (unpaired) electrons. The molecule has 0 atom stereocenters. The molecule has 1 aromatic carbocycles. The Hall–Kier alpha value is -2.91. The van der Waals surface area contributed by atoms with Crippen LogP contribution >= 0.6 is 11.3 Å². The van der Waals surface area contributed by atoms with Crippen molar-refractivity contribution in [3.63, 3.8) is 0 Å². The molecule has 0 saturated heterocycles. The number of rotatable bonds is 2. The second kappa shape index (κ2) is 5.47. The minimum Gasteiger partial charge on any atom is -0.366 e. The van der Waals surface area contributed by atoms with Gasteiger partial charge in [0.2, 0.25) is 5.91 Å². The second-order valence-electron chi connectivity index (χ2n) is 4.75. The van der Waals surface area contributed by atoms with E-state index in [2.05, 4.69) is 11.1 Å². The van der Waals surface area contributed by atoms with Crippen LogP contribution in [0.15, 0.2) is 53.9 Å². The highest BCUT2D eigenvalue weighted by Gasteiger charge is 2.18. The minimum atomic E-state index is -0.499. The number of carbonyl (C=O) groups excluding carboxylic acids is 1. The molecule has 0 spiro atoms. The van der Waals surface area contributed by atoms with Crippen molar-refractivity contribution in [3.8, 4) is 6.07 Å². The van der Waals surface area contributed by atoms with Crippen molar-refractivity contribution in [2.24, 2.45) is 5.73 Å². The van der Waals surface area contributed by atoms with Gasteiger partial charge in [-0.1, -0.05) is 12.1 Å². The third kappa shape index (κ3) is 2.38. The number of fused-ring (bicyclic) bond motifs is 1. The molecular formula is C16H12N4OS. The van der Waals surface area contributed by atoms with E-state index in [1.165, 1.54) is 11.3 Å². The summed E-state index contributed by atoms with van der Waals surface area (Å²) < 4.78 is 1.03. The van der Waals surface area contributed by atoms with Gasteiger partial charge < -0.3 is 10.6 Å². The van der Waals surface area contributed by atoms with Crippen LogP contribution in [0.4, 0.5) is 0 Å². The Morgan fingerprint density at radius 2 is 2.14 bits per heavy atom. The van der Waals surface area contributed by atoms with E-state index in [-0.39, 0.29) is 0 Å². The third-order valence-corrected chi connectivity index (χ3v) is 4.35. The first-order valence-electron chi connectivity index (χ1n) is 6.53. The summed E-state index contributed by atoms with van der Waals surface area (Å²) >= 11 is 1.47. The molecule has 2 aromatic rings. The molecule has 3 rings (SSSR count). The van der Waals surface area contributed by atoms with Gasteiger partial charge in [-0.25, -0.2) is 4.98 Å². The van der Waals surface area contributed by atoms with Crippen LogP contribution < -0.4 is 5.73 Å². The molecule has 108 valence electrons. The maximum absolute atomic E-state index is 11.2. The van der Waals surface area contributed by atoms with Crippen LogP contribution in [0.2, 0.25) is 0 Å². The number of likely N-dealkylation sites (N-methyl/N-ethyl adjacent to an activating group) is 1. The van der Waals surface area contributed by atoms with E-state index < -0.39 is 5.91 Å². The van der Waals surface area contributed by atoms with Crippen molar-refractivity contribution in [2.75, 3.05) is 7.05 Å². The van der Waals surface area contributed by atoms with Crippen LogP contribution in [0, 0.1) is 11.3 Å². The molecule has 0 unspecified atom stereocenters. The molecule has 0 aliphatic carbocycles. The molecule has 0 fully saturated rings. The molecule has 5 nitrogen and oxygen atoms in total. The van der Waals surface area contributed by atoms with Crippen molar-refractivity contribution in [2.45, 2.75) is 0 Å². The number of benzene rings is 1. The van der Waals surface area contributed by atoms with Gasteiger partial charge in [0.05, 0.1) is 21.5 Å². The number of thiazole rings is 1. The molecule has 2 N–H and O–H groups in total. The fourth-order valence-electron chi connectivity index (χ4n) is 2.21. The number of primary amides is 1. The van der Waals surface area contributed by atoms with Gasteiger partial charge >= 0.3 is 0 Å². The standard InChI is InChI=1S/C16H12N4OS/c1-20-9-10(15(18)21)6-7-13(20)11(8-17)16-19-12-4-2-3-5-14(12)22-16/h2-7,9H,1H3,(H2,18,21)/b13-11-. The molecule has 1 aromatic heterocycles. The van der Waals surface area contributed by atoms with E-state index in [1.807, 2.05) is 24.3 Å². The summed E-state index contributed by atoms with van der Waals surface area (Å²) in [5, 5.41) is 10.2. The van der Waals surface area contributed by atoms with Gasteiger partial charge in [0.1, 0.15) is 16.6 Å². The summed E-state index contributed by atoms with van der Waals surface area (Å²) in [7, 11) is 1.77. The van der Waals surface area contributed by atoms with Crippen LogP contribution in [0.3, 0.4) is 0 Å². The summed E-state index contributed by atoms with van der Waals surface area (Å²) in [4.78, 5) is 17.4. The quantitative estimate of drug-likeness (QED) is 0.864. The zero-order valence-corrected chi connectivity index (χ0v) is 12.6. The number of aromatic nitrogens is 1. The van der Waals surface area contributed by atoms with E-state index in [0.717, 1.165) is 10.2 Å². The molecule has 2 heterocycles. The zero-order chi connectivity index (χ0) is 15.7. The smallest absolute Gasteiger partial charge is 0.250 e. The number of hydrogen-bond donors (Lipinski definition) is 1. The van der Waals surface area contributed by atoms with Gasteiger partial charge in [-0.3, -0.25) is 4.79 Å². The first-order chi connectivity index (χ1) is 10.6. The summed E-state index contributed by atoms with van der Waals surface area (Å²) in [6, 6.07) is 9.96. The van der Waals surface area contributed by atoms with E-state index in [0.29, 0.717) is 21.9 Å². The lowest BCUT2D eigenvalue weighted by Gasteiger charge is -2.21. The van der Waals surface area contributed by atoms with Gasteiger partial charge in [-0.2, -0.15) is 5.26 Å². The lowest BCUT2D eigenvalue weighted by molar-refractivity contribution is -0.114. The number of para-hydroxylation sites is 1. The highest BCUT2D eigenvalue weighted by atomic mass is 32.1. The van der Waals surface area contributed by atoms with Crippen molar-refractivity contribution < 1.29 is 4.79 Å². The Balaban J connectivity index is 2.10. The topological polar surface area (TPSA) is 83.0 Å². The Morgan fingerprint density at radius 3 is 2.77 bits per heavy atom. The molecule has 22 heavy (non-hydrogen) atoms. The first-order valence-corrected chi connectivity index (χ1v) is 7.34. The zero-order valence-electron chi connectivity index (χ0n) is 11.8. The normalized spacial score (nSPS) is 16.4. The van der Waals surface area contributed by atoms with Crippen molar-refractivity contribution in [3.05, 3.63) is 58.9 Å². The minimum absolute atomic E-state index is 0.396. The van der Waals surface area contributed by atoms with Crippen LogP contribution in [0.25, 0.3) is 15.8 Å². The third-order valence-electron chi connectivity index (χ3n) is 3.29. The van der Waals surface area contributed by atoms with Crippen LogP contribution in [-0.4, -0.2) is 22.8 Å². The van der Waals surface area contributed by atoms with E-state index in [4.69, 9.17) is 5.73 Å². The monoisotopic (exact) mass is 308 g/mol. The molecular weight excluding hydrogens is 296 g/mol. The van der Waals surface area contributed by atoms with Gasteiger partial charge in [-0.05, 0) is 24.3 Å². The maximum Gasteiger partial charge on any atom is 0.250 e.